The molecular weight excluding hydrogens is 368 g/mol. The van der Waals surface area contributed by atoms with Crippen LogP contribution in [0.3, 0.4) is 0 Å². The minimum Gasteiger partial charge on any atom is -0.338 e. The van der Waals surface area contributed by atoms with Crippen LogP contribution in [0.25, 0.3) is 5.69 Å². The smallest absolute Gasteiger partial charge is 0.303 e. The van der Waals surface area contributed by atoms with Crippen LogP contribution < -0.4 is 10.6 Å². The molecule has 0 saturated carbocycles. The van der Waals surface area contributed by atoms with Gasteiger partial charge in [-0.2, -0.15) is 13.9 Å². The number of amides is 1. The number of anilines is 3. The number of hydrogen-bond acceptors (Lipinski definition) is 6. The standard InChI is InChI=1S/C18H19F2N7O/c1-10-7-22-27(9-10)14-8-21-15(24-12(3)28)6-13(14)25-16-5-11(2)23-17(26-16)18(4,19)20/h5-9H,1-4H3,(H2,21,23,24,25,26,28). The van der Waals surface area contributed by atoms with Gasteiger partial charge in [-0.1, -0.05) is 0 Å². The third kappa shape index (κ3) is 4.45. The summed E-state index contributed by atoms with van der Waals surface area (Å²) in [6.07, 6.45) is 4.98. The predicted molar refractivity (Wildman–Crippen MR) is 100 cm³/mol. The molecule has 0 bridgehead atoms. The molecule has 1 amide bonds. The van der Waals surface area contributed by atoms with Crippen LogP contribution >= 0.6 is 0 Å². The number of rotatable bonds is 5. The van der Waals surface area contributed by atoms with E-state index in [1.54, 1.807) is 36.1 Å². The Kier molecular flexibility index (Phi) is 5.04. The molecule has 3 aromatic rings. The summed E-state index contributed by atoms with van der Waals surface area (Å²) in [5.41, 5.74) is 2.36. The second-order valence-electron chi connectivity index (χ2n) is 6.46. The van der Waals surface area contributed by atoms with Crippen molar-refractivity contribution < 1.29 is 13.6 Å². The number of carbonyl (C=O) groups is 1. The highest BCUT2D eigenvalue weighted by molar-refractivity contribution is 5.88. The quantitative estimate of drug-likeness (QED) is 0.696. The molecular formula is C18H19F2N7O. The summed E-state index contributed by atoms with van der Waals surface area (Å²) in [5, 5.41) is 9.85. The summed E-state index contributed by atoms with van der Waals surface area (Å²) >= 11 is 0. The lowest BCUT2D eigenvalue weighted by atomic mass is 10.3. The molecule has 0 fully saturated rings. The van der Waals surface area contributed by atoms with Crippen LogP contribution in [0.15, 0.2) is 30.7 Å². The van der Waals surface area contributed by atoms with Crippen LogP contribution in [0, 0.1) is 13.8 Å². The minimum absolute atomic E-state index is 0.189. The molecule has 2 N–H and O–H groups in total. The molecule has 10 heteroatoms. The fourth-order valence-corrected chi connectivity index (χ4v) is 2.49. The van der Waals surface area contributed by atoms with Crippen molar-refractivity contribution in [2.75, 3.05) is 10.6 Å². The highest BCUT2D eigenvalue weighted by Crippen LogP contribution is 2.28. The third-order valence-electron chi connectivity index (χ3n) is 3.66. The Balaban J connectivity index is 2.06. The molecule has 146 valence electrons. The van der Waals surface area contributed by atoms with E-state index in [0.29, 0.717) is 22.9 Å². The van der Waals surface area contributed by atoms with Crippen LogP contribution in [-0.4, -0.2) is 30.6 Å². The SMILES string of the molecule is CC(=O)Nc1cc(Nc2cc(C)nc(C(C)(F)F)n2)c(-n2cc(C)cn2)cn1. The molecule has 0 unspecified atom stereocenters. The van der Waals surface area contributed by atoms with Crippen LogP contribution in [-0.2, 0) is 10.7 Å². The van der Waals surface area contributed by atoms with Crippen molar-refractivity contribution in [3.8, 4) is 5.69 Å². The summed E-state index contributed by atoms with van der Waals surface area (Å²) in [4.78, 5) is 23.3. The van der Waals surface area contributed by atoms with E-state index in [1.165, 1.54) is 13.1 Å². The van der Waals surface area contributed by atoms with Crippen molar-refractivity contribution in [3.05, 3.63) is 47.8 Å². The van der Waals surface area contributed by atoms with Crippen LogP contribution in [0.5, 0.6) is 0 Å². The molecule has 0 radical (unpaired) electrons. The first-order valence-electron chi connectivity index (χ1n) is 8.42. The first-order valence-corrected chi connectivity index (χ1v) is 8.42. The van der Waals surface area contributed by atoms with Gasteiger partial charge in [0, 0.05) is 37.9 Å². The highest BCUT2D eigenvalue weighted by Gasteiger charge is 2.29. The van der Waals surface area contributed by atoms with Gasteiger partial charge in [0.25, 0.3) is 0 Å². The van der Waals surface area contributed by atoms with Gasteiger partial charge in [-0.3, -0.25) is 4.79 Å². The van der Waals surface area contributed by atoms with Crippen LogP contribution in [0.1, 0.15) is 30.9 Å². The first-order chi connectivity index (χ1) is 13.1. The van der Waals surface area contributed by atoms with Gasteiger partial charge in [-0.25, -0.2) is 19.6 Å². The number of nitrogens with one attached hydrogen (secondary N) is 2. The van der Waals surface area contributed by atoms with Crippen LogP contribution in [0.2, 0.25) is 0 Å². The molecule has 0 spiro atoms. The zero-order valence-electron chi connectivity index (χ0n) is 15.8. The molecule has 0 atom stereocenters. The number of carbonyl (C=O) groups excluding carboxylic acids is 1. The van der Waals surface area contributed by atoms with Crippen molar-refractivity contribution in [2.24, 2.45) is 0 Å². The van der Waals surface area contributed by atoms with Gasteiger partial charge in [0.1, 0.15) is 17.3 Å². The van der Waals surface area contributed by atoms with E-state index >= 15 is 0 Å². The van der Waals surface area contributed by atoms with E-state index in [2.05, 4.69) is 30.7 Å². The van der Waals surface area contributed by atoms with E-state index < -0.39 is 11.7 Å². The average molecular weight is 387 g/mol. The number of alkyl halides is 2. The summed E-state index contributed by atoms with van der Waals surface area (Å²) in [7, 11) is 0. The number of halogens is 2. The zero-order chi connectivity index (χ0) is 20.5. The molecule has 3 rings (SSSR count). The van der Waals surface area contributed by atoms with E-state index in [4.69, 9.17) is 0 Å². The Hall–Kier alpha value is -3.43. The van der Waals surface area contributed by atoms with Gasteiger partial charge in [0.05, 0.1) is 18.1 Å². The molecule has 3 aromatic heterocycles. The average Bonchev–Trinajstić information content (AvgIpc) is 2.99. The molecule has 28 heavy (non-hydrogen) atoms. The van der Waals surface area contributed by atoms with Crippen molar-refractivity contribution in [1.29, 1.82) is 0 Å². The summed E-state index contributed by atoms with van der Waals surface area (Å²) < 4.78 is 29.0. The second-order valence-corrected chi connectivity index (χ2v) is 6.46. The second kappa shape index (κ2) is 7.29. The first kappa shape index (κ1) is 19.3. The highest BCUT2D eigenvalue weighted by atomic mass is 19.3. The lowest BCUT2D eigenvalue weighted by molar-refractivity contribution is -0.114. The molecule has 0 aromatic carbocycles. The van der Waals surface area contributed by atoms with Gasteiger partial charge in [0.2, 0.25) is 11.7 Å². The summed E-state index contributed by atoms with van der Waals surface area (Å²) in [6, 6.07) is 3.13. The lowest BCUT2D eigenvalue weighted by Crippen LogP contribution is -2.15. The molecule has 0 aliphatic rings. The lowest BCUT2D eigenvalue weighted by Gasteiger charge is -2.15. The number of aromatic nitrogens is 5. The monoisotopic (exact) mass is 387 g/mol. The zero-order valence-corrected chi connectivity index (χ0v) is 15.8. The Morgan fingerprint density at radius 1 is 1.14 bits per heavy atom. The van der Waals surface area contributed by atoms with Crippen molar-refractivity contribution in [2.45, 2.75) is 33.6 Å². The number of hydrogen-bond donors (Lipinski definition) is 2. The van der Waals surface area contributed by atoms with Crippen molar-refractivity contribution in [1.82, 2.24) is 24.7 Å². The maximum Gasteiger partial charge on any atom is 0.303 e. The summed E-state index contributed by atoms with van der Waals surface area (Å²) in [5.74, 6) is -3.55. The van der Waals surface area contributed by atoms with E-state index in [0.717, 1.165) is 12.5 Å². The molecule has 0 aliphatic heterocycles. The molecule has 0 aliphatic carbocycles. The minimum atomic E-state index is -3.18. The van der Waals surface area contributed by atoms with E-state index in [1.807, 2.05) is 6.92 Å². The van der Waals surface area contributed by atoms with E-state index in [-0.39, 0.29) is 11.7 Å². The third-order valence-corrected chi connectivity index (χ3v) is 3.66. The van der Waals surface area contributed by atoms with Crippen molar-refractivity contribution >= 4 is 23.2 Å². The normalized spacial score (nSPS) is 11.4. The fraction of sp³-hybridized carbons (Fsp3) is 0.278. The molecule has 0 saturated heterocycles. The Morgan fingerprint density at radius 2 is 1.89 bits per heavy atom. The maximum atomic E-state index is 13.7. The Labute approximate surface area is 160 Å². The Bertz CT molecular complexity index is 1030. The Morgan fingerprint density at radius 3 is 2.50 bits per heavy atom. The number of nitrogens with zero attached hydrogens (tertiary/aromatic N) is 5. The number of pyridine rings is 1. The van der Waals surface area contributed by atoms with Gasteiger partial charge in [-0.15, -0.1) is 0 Å². The fourth-order valence-electron chi connectivity index (χ4n) is 2.49. The topological polar surface area (TPSA) is 97.6 Å². The maximum absolute atomic E-state index is 13.7. The van der Waals surface area contributed by atoms with Gasteiger partial charge >= 0.3 is 5.92 Å². The number of aryl methyl sites for hydroxylation is 2. The van der Waals surface area contributed by atoms with Gasteiger partial charge in [0.15, 0.2) is 0 Å². The van der Waals surface area contributed by atoms with Gasteiger partial charge in [-0.05, 0) is 19.4 Å². The predicted octanol–water partition coefficient (Wildman–Crippen LogP) is 3.49. The molecule has 3 heterocycles. The largest absolute Gasteiger partial charge is 0.338 e. The van der Waals surface area contributed by atoms with Crippen molar-refractivity contribution in [3.63, 3.8) is 0 Å². The van der Waals surface area contributed by atoms with Crippen LogP contribution in [0.4, 0.5) is 26.1 Å². The van der Waals surface area contributed by atoms with E-state index in [9.17, 15) is 13.6 Å². The summed E-state index contributed by atoms with van der Waals surface area (Å²) in [6.45, 7) is 5.60. The molecule has 8 nitrogen and oxygen atoms in total. The van der Waals surface area contributed by atoms with Gasteiger partial charge < -0.3 is 10.6 Å².